The summed E-state index contributed by atoms with van der Waals surface area (Å²) in [6.45, 7) is 7.33. The number of rotatable bonds is 3. The van der Waals surface area contributed by atoms with Gasteiger partial charge in [-0.15, -0.1) is 0 Å². The van der Waals surface area contributed by atoms with E-state index in [4.69, 9.17) is 4.74 Å². The zero-order valence-electron chi connectivity index (χ0n) is 8.38. The van der Waals surface area contributed by atoms with Crippen LogP contribution in [-0.4, -0.2) is 49.7 Å². The third-order valence-electron chi connectivity index (χ3n) is 2.03. The van der Waals surface area contributed by atoms with Gasteiger partial charge in [-0.25, -0.2) is 0 Å². The van der Waals surface area contributed by atoms with Gasteiger partial charge in [-0.3, -0.25) is 4.79 Å². The van der Waals surface area contributed by atoms with Crippen LogP contribution in [0.3, 0.4) is 0 Å². The fraction of sp³-hybridized carbons (Fsp3) is 0.889. The van der Waals surface area contributed by atoms with Crippen molar-refractivity contribution in [2.24, 2.45) is 0 Å². The van der Waals surface area contributed by atoms with Crippen molar-refractivity contribution in [2.75, 3.05) is 32.8 Å². The standard InChI is InChI=1S/C9H18N2O2/c1-8(2)10-7-9(12)11-3-5-13-6-4-11/h8,10H,3-7H2,1-2H3. The van der Waals surface area contributed by atoms with E-state index in [9.17, 15) is 4.79 Å². The number of morpholine rings is 1. The van der Waals surface area contributed by atoms with Gasteiger partial charge in [0.2, 0.25) is 5.91 Å². The molecule has 1 aliphatic heterocycles. The summed E-state index contributed by atoms with van der Waals surface area (Å²) < 4.78 is 5.16. The first-order valence-corrected chi connectivity index (χ1v) is 4.79. The number of carbonyl (C=O) groups is 1. The smallest absolute Gasteiger partial charge is 0.236 e. The molecular formula is C9H18N2O2. The monoisotopic (exact) mass is 186 g/mol. The van der Waals surface area contributed by atoms with Gasteiger partial charge in [0.15, 0.2) is 0 Å². The van der Waals surface area contributed by atoms with Crippen LogP contribution in [0.5, 0.6) is 0 Å². The van der Waals surface area contributed by atoms with Gasteiger partial charge in [-0.2, -0.15) is 0 Å². The van der Waals surface area contributed by atoms with Gasteiger partial charge in [-0.1, -0.05) is 13.8 Å². The van der Waals surface area contributed by atoms with E-state index in [0.717, 1.165) is 13.1 Å². The van der Waals surface area contributed by atoms with Crippen LogP contribution in [0.4, 0.5) is 0 Å². The third kappa shape index (κ3) is 3.74. The molecule has 0 unspecified atom stereocenters. The van der Waals surface area contributed by atoms with Crippen LogP contribution in [0.15, 0.2) is 0 Å². The Morgan fingerprint density at radius 1 is 1.46 bits per heavy atom. The lowest BCUT2D eigenvalue weighted by atomic mass is 10.3. The molecule has 1 N–H and O–H groups in total. The molecule has 0 atom stereocenters. The van der Waals surface area contributed by atoms with Crippen LogP contribution in [-0.2, 0) is 9.53 Å². The highest BCUT2D eigenvalue weighted by Crippen LogP contribution is 1.96. The van der Waals surface area contributed by atoms with E-state index >= 15 is 0 Å². The van der Waals surface area contributed by atoms with Crippen LogP contribution in [0, 0.1) is 0 Å². The van der Waals surface area contributed by atoms with Crippen LogP contribution >= 0.6 is 0 Å². The molecule has 1 aliphatic rings. The largest absolute Gasteiger partial charge is 0.378 e. The van der Waals surface area contributed by atoms with Crippen molar-refractivity contribution in [2.45, 2.75) is 19.9 Å². The maximum Gasteiger partial charge on any atom is 0.236 e. The molecule has 1 heterocycles. The number of amides is 1. The summed E-state index contributed by atoms with van der Waals surface area (Å²) in [5, 5.41) is 3.11. The second-order valence-electron chi connectivity index (χ2n) is 3.53. The molecule has 76 valence electrons. The van der Waals surface area contributed by atoms with Crippen LogP contribution in [0.25, 0.3) is 0 Å². The van der Waals surface area contributed by atoms with Crippen LogP contribution in [0.2, 0.25) is 0 Å². The Labute approximate surface area is 79.2 Å². The van der Waals surface area contributed by atoms with Gasteiger partial charge in [-0.05, 0) is 0 Å². The van der Waals surface area contributed by atoms with E-state index in [1.165, 1.54) is 0 Å². The second kappa shape index (κ2) is 5.19. The third-order valence-corrected chi connectivity index (χ3v) is 2.03. The first-order chi connectivity index (χ1) is 6.20. The predicted octanol–water partition coefficient (Wildman–Crippen LogP) is -0.157. The molecule has 0 aliphatic carbocycles. The molecule has 4 nitrogen and oxygen atoms in total. The van der Waals surface area contributed by atoms with E-state index in [-0.39, 0.29) is 5.91 Å². The number of carbonyl (C=O) groups excluding carboxylic acids is 1. The molecule has 0 saturated carbocycles. The zero-order valence-corrected chi connectivity index (χ0v) is 8.38. The van der Waals surface area contributed by atoms with Gasteiger partial charge < -0.3 is 15.0 Å². The van der Waals surface area contributed by atoms with Gasteiger partial charge in [0.1, 0.15) is 0 Å². The fourth-order valence-electron chi connectivity index (χ4n) is 1.22. The normalized spacial score (nSPS) is 17.9. The van der Waals surface area contributed by atoms with E-state index in [1.807, 2.05) is 18.7 Å². The highest BCUT2D eigenvalue weighted by molar-refractivity contribution is 5.78. The van der Waals surface area contributed by atoms with Crippen molar-refractivity contribution in [3.63, 3.8) is 0 Å². The lowest BCUT2D eigenvalue weighted by Gasteiger charge is -2.27. The zero-order chi connectivity index (χ0) is 9.68. The maximum atomic E-state index is 11.5. The van der Waals surface area contributed by atoms with E-state index in [2.05, 4.69) is 5.32 Å². The molecule has 13 heavy (non-hydrogen) atoms. The highest BCUT2D eigenvalue weighted by Gasteiger charge is 2.15. The average molecular weight is 186 g/mol. The average Bonchev–Trinajstić information content (AvgIpc) is 2.15. The number of nitrogens with one attached hydrogen (secondary N) is 1. The molecule has 0 radical (unpaired) electrons. The topological polar surface area (TPSA) is 41.6 Å². The second-order valence-corrected chi connectivity index (χ2v) is 3.53. The first-order valence-electron chi connectivity index (χ1n) is 4.79. The molecule has 1 saturated heterocycles. The minimum Gasteiger partial charge on any atom is -0.378 e. The summed E-state index contributed by atoms with van der Waals surface area (Å²) in [7, 11) is 0. The molecule has 0 bridgehead atoms. The number of hydrogen-bond donors (Lipinski definition) is 1. The summed E-state index contributed by atoms with van der Waals surface area (Å²) in [5.41, 5.74) is 0. The summed E-state index contributed by atoms with van der Waals surface area (Å²) in [4.78, 5) is 13.4. The van der Waals surface area contributed by atoms with Crippen LogP contribution < -0.4 is 5.32 Å². The lowest BCUT2D eigenvalue weighted by Crippen LogP contribution is -2.45. The molecule has 1 rings (SSSR count). The van der Waals surface area contributed by atoms with Crippen molar-refractivity contribution in [3.8, 4) is 0 Å². The van der Waals surface area contributed by atoms with Crippen molar-refractivity contribution < 1.29 is 9.53 Å². The van der Waals surface area contributed by atoms with Crippen molar-refractivity contribution >= 4 is 5.91 Å². The predicted molar refractivity (Wildman–Crippen MR) is 50.5 cm³/mol. The molecule has 0 aromatic rings. The molecule has 4 heteroatoms. The van der Waals surface area contributed by atoms with Crippen LogP contribution in [0.1, 0.15) is 13.8 Å². The summed E-state index contributed by atoms with van der Waals surface area (Å²) in [6.07, 6.45) is 0. The quantitative estimate of drug-likeness (QED) is 0.666. The van der Waals surface area contributed by atoms with Crippen molar-refractivity contribution in [1.29, 1.82) is 0 Å². The number of hydrogen-bond acceptors (Lipinski definition) is 3. The Hall–Kier alpha value is -0.610. The van der Waals surface area contributed by atoms with Gasteiger partial charge in [0, 0.05) is 19.1 Å². The first kappa shape index (κ1) is 10.5. The minimum atomic E-state index is 0.178. The van der Waals surface area contributed by atoms with E-state index in [0.29, 0.717) is 25.8 Å². The Morgan fingerprint density at radius 3 is 2.62 bits per heavy atom. The summed E-state index contributed by atoms with van der Waals surface area (Å²) >= 11 is 0. The molecule has 1 amide bonds. The molecule has 0 aromatic heterocycles. The molecular weight excluding hydrogens is 168 g/mol. The molecule has 0 spiro atoms. The summed E-state index contributed by atoms with van der Waals surface area (Å²) in [6, 6.07) is 0.366. The number of nitrogens with zero attached hydrogens (tertiary/aromatic N) is 1. The molecule has 0 aromatic carbocycles. The Balaban J connectivity index is 2.21. The Morgan fingerprint density at radius 2 is 2.08 bits per heavy atom. The summed E-state index contributed by atoms with van der Waals surface area (Å²) in [5.74, 6) is 0.178. The fourth-order valence-corrected chi connectivity index (χ4v) is 1.22. The van der Waals surface area contributed by atoms with Crippen molar-refractivity contribution in [1.82, 2.24) is 10.2 Å². The molecule has 1 fully saturated rings. The SMILES string of the molecule is CC(C)NCC(=O)N1CCOCC1. The van der Waals surface area contributed by atoms with Gasteiger partial charge in [0.05, 0.1) is 19.8 Å². The lowest BCUT2D eigenvalue weighted by molar-refractivity contribution is -0.134. The van der Waals surface area contributed by atoms with Crippen molar-refractivity contribution in [3.05, 3.63) is 0 Å². The van der Waals surface area contributed by atoms with E-state index in [1.54, 1.807) is 0 Å². The van der Waals surface area contributed by atoms with Gasteiger partial charge in [0.25, 0.3) is 0 Å². The minimum absolute atomic E-state index is 0.178. The number of ether oxygens (including phenoxy) is 1. The van der Waals surface area contributed by atoms with E-state index < -0.39 is 0 Å². The van der Waals surface area contributed by atoms with Gasteiger partial charge >= 0.3 is 0 Å². The highest BCUT2D eigenvalue weighted by atomic mass is 16.5. The Bertz CT molecular complexity index is 165. The Kier molecular flexibility index (Phi) is 4.18. The maximum absolute atomic E-state index is 11.5.